The minimum Gasteiger partial charge on any atom is -0.494 e. The smallest absolute Gasteiger partial charge is 0.170 e. The molecular weight excluding hydrogens is 304 g/mol. The van der Waals surface area contributed by atoms with Crippen LogP contribution < -0.4 is 15.4 Å². The normalized spacial score (nSPS) is 11.6. The third-order valence-electron chi connectivity index (χ3n) is 3.51. The van der Waals surface area contributed by atoms with Gasteiger partial charge in [0.1, 0.15) is 5.75 Å². The summed E-state index contributed by atoms with van der Waals surface area (Å²) in [6.07, 6.45) is 2.08. The molecule has 0 spiro atoms. The summed E-state index contributed by atoms with van der Waals surface area (Å²) in [6.45, 7) is 4.79. The van der Waals surface area contributed by atoms with E-state index < -0.39 is 0 Å². The first-order valence-corrected chi connectivity index (χ1v) is 8.42. The molecule has 3 nitrogen and oxygen atoms in total. The highest BCUT2D eigenvalue weighted by Gasteiger charge is 2.05. The van der Waals surface area contributed by atoms with Crippen molar-refractivity contribution in [2.45, 2.75) is 32.7 Å². The fourth-order valence-corrected chi connectivity index (χ4v) is 2.61. The van der Waals surface area contributed by atoms with Gasteiger partial charge in [0.05, 0.1) is 6.61 Å². The second-order valence-electron chi connectivity index (χ2n) is 5.48. The van der Waals surface area contributed by atoms with Crippen LogP contribution in [-0.2, 0) is 6.42 Å². The first-order valence-electron chi connectivity index (χ1n) is 8.01. The van der Waals surface area contributed by atoms with Gasteiger partial charge in [-0.05, 0) is 68.7 Å². The van der Waals surface area contributed by atoms with Crippen LogP contribution in [0.4, 0.5) is 5.69 Å². The van der Waals surface area contributed by atoms with Crippen molar-refractivity contribution < 1.29 is 4.74 Å². The van der Waals surface area contributed by atoms with E-state index in [0.717, 1.165) is 24.3 Å². The van der Waals surface area contributed by atoms with E-state index in [4.69, 9.17) is 17.0 Å². The first-order chi connectivity index (χ1) is 11.2. The summed E-state index contributed by atoms with van der Waals surface area (Å²) in [4.78, 5) is 0. The number of ether oxygens (including phenoxy) is 1. The highest BCUT2D eigenvalue weighted by Crippen LogP contribution is 2.15. The number of benzene rings is 2. The van der Waals surface area contributed by atoms with Gasteiger partial charge in [-0.25, -0.2) is 0 Å². The molecule has 0 saturated carbocycles. The molecule has 122 valence electrons. The third-order valence-corrected chi connectivity index (χ3v) is 3.73. The van der Waals surface area contributed by atoms with E-state index in [0.29, 0.717) is 17.8 Å². The standard InChI is InChI=1S/C19H24N2OS/c1-3-22-18-13-11-17(12-14-18)21-19(23)20-15(2)9-10-16-7-5-4-6-8-16/h4-8,11-15H,3,9-10H2,1-2H3,(H2,20,21,23)/t15-/m1/s1. The van der Waals surface area contributed by atoms with Crippen LogP contribution in [0.2, 0.25) is 0 Å². The zero-order valence-electron chi connectivity index (χ0n) is 13.7. The minimum absolute atomic E-state index is 0.318. The summed E-state index contributed by atoms with van der Waals surface area (Å²) < 4.78 is 5.43. The highest BCUT2D eigenvalue weighted by molar-refractivity contribution is 7.80. The van der Waals surface area contributed by atoms with Gasteiger partial charge in [0.2, 0.25) is 0 Å². The van der Waals surface area contributed by atoms with Gasteiger partial charge < -0.3 is 15.4 Å². The summed E-state index contributed by atoms with van der Waals surface area (Å²) in [5.74, 6) is 0.869. The molecule has 0 aliphatic carbocycles. The third kappa shape index (κ3) is 6.28. The topological polar surface area (TPSA) is 33.3 Å². The average molecular weight is 328 g/mol. The maximum absolute atomic E-state index is 5.43. The Balaban J connectivity index is 1.75. The Hall–Kier alpha value is -2.07. The second-order valence-corrected chi connectivity index (χ2v) is 5.89. The highest BCUT2D eigenvalue weighted by atomic mass is 32.1. The first kappa shape index (κ1) is 17.3. The van der Waals surface area contributed by atoms with Gasteiger partial charge in [0.15, 0.2) is 5.11 Å². The molecule has 0 aliphatic rings. The van der Waals surface area contributed by atoms with Gasteiger partial charge in [0.25, 0.3) is 0 Å². The van der Waals surface area contributed by atoms with Crippen LogP contribution in [0.15, 0.2) is 54.6 Å². The Labute approximate surface area is 144 Å². The maximum Gasteiger partial charge on any atom is 0.170 e. The van der Waals surface area contributed by atoms with Gasteiger partial charge in [0, 0.05) is 11.7 Å². The maximum atomic E-state index is 5.43. The predicted octanol–water partition coefficient (Wildman–Crippen LogP) is 4.39. The van der Waals surface area contributed by atoms with E-state index in [1.54, 1.807) is 0 Å². The minimum atomic E-state index is 0.318. The molecule has 0 aliphatic heterocycles. The second kappa shape index (κ2) is 9.16. The van der Waals surface area contributed by atoms with Gasteiger partial charge in [-0.15, -0.1) is 0 Å². The molecule has 2 rings (SSSR count). The molecule has 0 radical (unpaired) electrons. The predicted molar refractivity (Wildman–Crippen MR) is 101 cm³/mol. The Morgan fingerprint density at radius 1 is 1.09 bits per heavy atom. The molecule has 4 heteroatoms. The molecule has 0 amide bonds. The number of aryl methyl sites for hydroxylation is 1. The Bertz CT molecular complexity index is 599. The van der Waals surface area contributed by atoms with E-state index in [2.05, 4.69) is 41.8 Å². The van der Waals surface area contributed by atoms with Crippen LogP contribution in [0.5, 0.6) is 5.75 Å². The molecule has 23 heavy (non-hydrogen) atoms. The van der Waals surface area contributed by atoms with Crippen LogP contribution in [-0.4, -0.2) is 17.8 Å². The quantitative estimate of drug-likeness (QED) is 0.739. The molecule has 2 N–H and O–H groups in total. The number of hydrogen-bond donors (Lipinski definition) is 2. The zero-order valence-corrected chi connectivity index (χ0v) is 14.5. The lowest BCUT2D eigenvalue weighted by atomic mass is 10.1. The molecular formula is C19H24N2OS. The van der Waals surface area contributed by atoms with Gasteiger partial charge in [-0.3, -0.25) is 0 Å². The van der Waals surface area contributed by atoms with Crippen molar-refractivity contribution in [3.8, 4) is 5.75 Å². The van der Waals surface area contributed by atoms with Crippen molar-refractivity contribution in [3.63, 3.8) is 0 Å². The Morgan fingerprint density at radius 3 is 2.43 bits per heavy atom. The lowest BCUT2D eigenvalue weighted by Crippen LogP contribution is -2.36. The fourth-order valence-electron chi connectivity index (χ4n) is 2.29. The van der Waals surface area contributed by atoms with E-state index in [-0.39, 0.29) is 0 Å². The SMILES string of the molecule is CCOc1ccc(NC(=S)N[C@H](C)CCc2ccccc2)cc1. The Morgan fingerprint density at radius 2 is 1.78 bits per heavy atom. The summed E-state index contributed by atoms with van der Waals surface area (Å²) in [6, 6.07) is 18.6. The van der Waals surface area contributed by atoms with Crippen LogP contribution in [0.3, 0.4) is 0 Å². The number of hydrogen-bond acceptors (Lipinski definition) is 2. The molecule has 0 heterocycles. The largest absolute Gasteiger partial charge is 0.494 e. The Kier molecular flexibility index (Phi) is 6.88. The molecule has 0 saturated heterocycles. The van der Waals surface area contributed by atoms with Crippen molar-refractivity contribution in [3.05, 3.63) is 60.2 Å². The van der Waals surface area contributed by atoms with Crippen LogP contribution in [0, 0.1) is 0 Å². The van der Waals surface area contributed by atoms with Gasteiger partial charge >= 0.3 is 0 Å². The van der Waals surface area contributed by atoms with E-state index in [1.165, 1.54) is 5.56 Å². The summed E-state index contributed by atoms with van der Waals surface area (Å²) in [5.41, 5.74) is 2.31. The molecule has 0 bridgehead atoms. The monoisotopic (exact) mass is 328 g/mol. The molecule has 1 atom stereocenters. The number of thiocarbonyl (C=S) groups is 1. The summed E-state index contributed by atoms with van der Waals surface area (Å²) in [5, 5.41) is 7.18. The van der Waals surface area contributed by atoms with E-state index in [9.17, 15) is 0 Å². The summed E-state index contributed by atoms with van der Waals surface area (Å²) in [7, 11) is 0. The van der Waals surface area contributed by atoms with Crippen molar-refractivity contribution >= 4 is 23.0 Å². The molecule has 2 aromatic carbocycles. The molecule has 0 fully saturated rings. The average Bonchev–Trinajstić information content (AvgIpc) is 2.56. The van der Waals surface area contributed by atoms with Gasteiger partial charge in [-0.1, -0.05) is 30.3 Å². The van der Waals surface area contributed by atoms with Crippen molar-refractivity contribution in [2.24, 2.45) is 0 Å². The number of nitrogens with one attached hydrogen (secondary N) is 2. The van der Waals surface area contributed by atoms with Gasteiger partial charge in [-0.2, -0.15) is 0 Å². The number of anilines is 1. The van der Waals surface area contributed by atoms with E-state index in [1.807, 2.05) is 37.3 Å². The lowest BCUT2D eigenvalue weighted by molar-refractivity contribution is 0.340. The molecule has 2 aromatic rings. The van der Waals surface area contributed by atoms with Crippen LogP contribution >= 0.6 is 12.2 Å². The lowest BCUT2D eigenvalue weighted by Gasteiger charge is -2.17. The molecule has 0 aromatic heterocycles. The fraction of sp³-hybridized carbons (Fsp3) is 0.316. The van der Waals surface area contributed by atoms with Crippen molar-refractivity contribution in [1.29, 1.82) is 0 Å². The van der Waals surface area contributed by atoms with Crippen LogP contribution in [0.1, 0.15) is 25.8 Å². The number of rotatable bonds is 7. The van der Waals surface area contributed by atoms with Crippen molar-refractivity contribution in [1.82, 2.24) is 5.32 Å². The van der Waals surface area contributed by atoms with Crippen molar-refractivity contribution in [2.75, 3.05) is 11.9 Å². The molecule has 0 unspecified atom stereocenters. The zero-order chi connectivity index (χ0) is 16.5. The van der Waals surface area contributed by atoms with Crippen LogP contribution in [0.25, 0.3) is 0 Å². The summed E-state index contributed by atoms with van der Waals surface area (Å²) >= 11 is 5.37. The van der Waals surface area contributed by atoms with E-state index >= 15 is 0 Å².